The van der Waals surface area contributed by atoms with E-state index in [1.54, 1.807) is 11.3 Å². The summed E-state index contributed by atoms with van der Waals surface area (Å²) >= 11 is 7.53. The largest absolute Gasteiger partial charge is 0.363 e. The van der Waals surface area contributed by atoms with Crippen molar-refractivity contribution >= 4 is 28.8 Å². The summed E-state index contributed by atoms with van der Waals surface area (Å²) in [6.07, 6.45) is 0.914. The number of nitrogens with one attached hydrogen (secondary N) is 1. The molecule has 96 valence electrons. The van der Waals surface area contributed by atoms with E-state index in [1.165, 1.54) is 4.88 Å². The Morgan fingerprint density at radius 2 is 2.17 bits per heavy atom. The van der Waals surface area contributed by atoms with Crippen LogP contribution < -0.4 is 5.32 Å². The molecular weight excluding hydrogens is 266 g/mol. The highest BCUT2D eigenvalue weighted by Gasteiger charge is 2.09. The molecule has 1 atom stereocenters. The molecule has 1 unspecified atom stereocenters. The Balaban J connectivity index is 2.16. The molecule has 0 aliphatic carbocycles. The molecule has 2 rings (SSSR count). The van der Waals surface area contributed by atoms with Gasteiger partial charge in [0.1, 0.15) is 11.6 Å². The van der Waals surface area contributed by atoms with Crippen LogP contribution in [0, 0.1) is 6.92 Å². The summed E-state index contributed by atoms with van der Waals surface area (Å²) in [6.45, 7) is 6.11. The van der Waals surface area contributed by atoms with E-state index in [0.29, 0.717) is 0 Å². The second-order valence-corrected chi connectivity index (χ2v) is 5.90. The summed E-state index contributed by atoms with van der Waals surface area (Å²) < 4.78 is 0.812. The van der Waals surface area contributed by atoms with Crippen molar-refractivity contribution in [3.8, 4) is 0 Å². The summed E-state index contributed by atoms with van der Waals surface area (Å²) in [5.41, 5.74) is 1.06. The lowest BCUT2D eigenvalue weighted by Crippen LogP contribution is -2.08. The fourth-order valence-electron chi connectivity index (χ4n) is 1.74. The monoisotopic (exact) mass is 281 g/mol. The Kier molecular flexibility index (Phi) is 4.19. The first-order chi connectivity index (χ1) is 8.58. The van der Waals surface area contributed by atoms with Gasteiger partial charge in [0, 0.05) is 16.6 Å². The van der Waals surface area contributed by atoms with Crippen LogP contribution in [-0.2, 0) is 6.42 Å². The molecule has 0 radical (unpaired) electrons. The minimum absolute atomic E-state index is 0.196. The second kappa shape index (κ2) is 5.67. The molecule has 2 aromatic heterocycles. The Hall–Kier alpha value is -1.13. The summed E-state index contributed by atoms with van der Waals surface area (Å²) in [7, 11) is 0. The molecule has 0 aliphatic rings. The topological polar surface area (TPSA) is 37.8 Å². The van der Waals surface area contributed by atoms with Crippen LogP contribution in [0.25, 0.3) is 0 Å². The standard InChI is InChI=1S/C13H16ClN3S/c1-4-10-7-13(17-9(3)16-10)15-8(2)11-5-6-12(14)18-11/h5-8H,4H2,1-3H3,(H,15,16,17). The van der Waals surface area contributed by atoms with Gasteiger partial charge in [0.2, 0.25) is 0 Å². The van der Waals surface area contributed by atoms with Gasteiger partial charge in [0.25, 0.3) is 0 Å². The van der Waals surface area contributed by atoms with Gasteiger partial charge in [-0.15, -0.1) is 11.3 Å². The van der Waals surface area contributed by atoms with Gasteiger partial charge in [-0.25, -0.2) is 9.97 Å². The molecule has 2 aromatic rings. The smallest absolute Gasteiger partial charge is 0.130 e. The van der Waals surface area contributed by atoms with Crippen molar-refractivity contribution < 1.29 is 0 Å². The Morgan fingerprint density at radius 1 is 1.39 bits per heavy atom. The van der Waals surface area contributed by atoms with Crippen LogP contribution in [0.15, 0.2) is 18.2 Å². The summed E-state index contributed by atoms with van der Waals surface area (Å²) in [4.78, 5) is 9.97. The van der Waals surface area contributed by atoms with E-state index in [0.717, 1.165) is 28.1 Å². The number of halogens is 1. The van der Waals surface area contributed by atoms with Crippen molar-refractivity contribution in [2.45, 2.75) is 33.2 Å². The van der Waals surface area contributed by atoms with E-state index in [9.17, 15) is 0 Å². The van der Waals surface area contributed by atoms with E-state index in [2.05, 4.69) is 29.1 Å². The Labute approximate surface area is 116 Å². The van der Waals surface area contributed by atoms with Crippen LogP contribution in [0.2, 0.25) is 4.34 Å². The number of aryl methyl sites for hydroxylation is 2. The van der Waals surface area contributed by atoms with Gasteiger partial charge in [0.05, 0.1) is 10.4 Å². The molecule has 0 amide bonds. The third-order valence-electron chi connectivity index (χ3n) is 2.64. The average molecular weight is 282 g/mol. The van der Waals surface area contributed by atoms with Crippen LogP contribution in [0.5, 0.6) is 0 Å². The fraction of sp³-hybridized carbons (Fsp3) is 0.385. The summed E-state index contributed by atoms with van der Waals surface area (Å²) in [6, 6.07) is 6.15. The van der Waals surface area contributed by atoms with Gasteiger partial charge in [-0.05, 0) is 32.4 Å². The van der Waals surface area contributed by atoms with Gasteiger partial charge in [-0.3, -0.25) is 0 Å². The van der Waals surface area contributed by atoms with Crippen LogP contribution in [-0.4, -0.2) is 9.97 Å². The molecule has 2 heterocycles. The first kappa shape index (κ1) is 13.3. The maximum atomic E-state index is 5.95. The maximum Gasteiger partial charge on any atom is 0.130 e. The van der Waals surface area contributed by atoms with E-state index in [-0.39, 0.29) is 6.04 Å². The zero-order valence-electron chi connectivity index (χ0n) is 10.7. The number of nitrogens with zero attached hydrogens (tertiary/aromatic N) is 2. The van der Waals surface area contributed by atoms with E-state index in [1.807, 2.05) is 25.1 Å². The quantitative estimate of drug-likeness (QED) is 0.911. The van der Waals surface area contributed by atoms with Crippen LogP contribution in [0.4, 0.5) is 5.82 Å². The lowest BCUT2D eigenvalue weighted by molar-refractivity contribution is 0.874. The van der Waals surface area contributed by atoms with E-state index >= 15 is 0 Å². The van der Waals surface area contributed by atoms with Gasteiger partial charge in [-0.1, -0.05) is 18.5 Å². The molecule has 3 nitrogen and oxygen atoms in total. The molecule has 0 saturated carbocycles. The lowest BCUT2D eigenvalue weighted by Gasteiger charge is -2.13. The van der Waals surface area contributed by atoms with Crippen molar-refractivity contribution in [1.29, 1.82) is 0 Å². The van der Waals surface area contributed by atoms with Crippen LogP contribution >= 0.6 is 22.9 Å². The van der Waals surface area contributed by atoms with Gasteiger partial charge in [-0.2, -0.15) is 0 Å². The van der Waals surface area contributed by atoms with Crippen molar-refractivity contribution in [3.05, 3.63) is 38.9 Å². The molecule has 0 bridgehead atoms. The molecule has 1 N–H and O–H groups in total. The van der Waals surface area contributed by atoms with Crippen molar-refractivity contribution in [2.24, 2.45) is 0 Å². The molecule has 0 aliphatic heterocycles. The minimum atomic E-state index is 0.196. The molecule has 5 heteroatoms. The Bertz CT molecular complexity index is 539. The van der Waals surface area contributed by atoms with Crippen LogP contribution in [0.1, 0.15) is 36.3 Å². The number of anilines is 1. The van der Waals surface area contributed by atoms with Crippen molar-refractivity contribution in [2.75, 3.05) is 5.32 Å². The first-order valence-electron chi connectivity index (χ1n) is 5.95. The molecule has 0 aromatic carbocycles. The van der Waals surface area contributed by atoms with Gasteiger partial charge in [0.15, 0.2) is 0 Å². The molecule has 0 saturated heterocycles. The normalized spacial score (nSPS) is 12.4. The first-order valence-corrected chi connectivity index (χ1v) is 7.14. The average Bonchev–Trinajstić information content (AvgIpc) is 2.75. The van der Waals surface area contributed by atoms with Gasteiger partial charge >= 0.3 is 0 Å². The highest BCUT2D eigenvalue weighted by atomic mass is 35.5. The van der Waals surface area contributed by atoms with E-state index in [4.69, 9.17) is 11.6 Å². The number of hydrogen-bond acceptors (Lipinski definition) is 4. The van der Waals surface area contributed by atoms with Crippen LogP contribution in [0.3, 0.4) is 0 Å². The highest BCUT2D eigenvalue weighted by molar-refractivity contribution is 7.16. The molecular formula is C13H16ClN3S. The SMILES string of the molecule is CCc1cc(NC(C)c2ccc(Cl)s2)nc(C)n1. The van der Waals surface area contributed by atoms with E-state index < -0.39 is 0 Å². The lowest BCUT2D eigenvalue weighted by atomic mass is 10.2. The van der Waals surface area contributed by atoms with Crippen molar-refractivity contribution in [1.82, 2.24) is 9.97 Å². The number of hydrogen-bond donors (Lipinski definition) is 1. The van der Waals surface area contributed by atoms with Crippen molar-refractivity contribution in [3.63, 3.8) is 0 Å². The molecule has 0 fully saturated rings. The predicted molar refractivity (Wildman–Crippen MR) is 77.5 cm³/mol. The summed E-state index contributed by atoms with van der Waals surface area (Å²) in [5, 5.41) is 3.39. The second-order valence-electron chi connectivity index (χ2n) is 4.15. The molecule has 18 heavy (non-hydrogen) atoms. The predicted octanol–water partition coefficient (Wildman–Crippen LogP) is 4.24. The Morgan fingerprint density at radius 3 is 2.78 bits per heavy atom. The fourth-order valence-corrected chi connectivity index (χ4v) is 2.80. The molecule has 0 spiro atoms. The number of aromatic nitrogens is 2. The zero-order valence-corrected chi connectivity index (χ0v) is 12.3. The maximum absolute atomic E-state index is 5.95. The third kappa shape index (κ3) is 3.21. The highest BCUT2D eigenvalue weighted by Crippen LogP contribution is 2.28. The number of thiophene rings is 1. The third-order valence-corrected chi connectivity index (χ3v) is 4.05. The zero-order chi connectivity index (χ0) is 13.1. The summed E-state index contributed by atoms with van der Waals surface area (Å²) in [5.74, 6) is 1.67. The minimum Gasteiger partial charge on any atom is -0.363 e. The number of rotatable bonds is 4. The van der Waals surface area contributed by atoms with Gasteiger partial charge < -0.3 is 5.32 Å².